The summed E-state index contributed by atoms with van der Waals surface area (Å²) in [6.07, 6.45) is 6.50. The lowest BCUT2D eigenvalue weighted by Gasteiger charge is -2.42. The van der Waals surface area contributed by atoms with Crippen molar-refractivity contribution in [3.63, 3.8) is 0 Å². The van der Waals surface area contributed by atoms with Crippen LogP contribution in [0.3, 0.4) is 0 Å². The second-order valence-electron chi connectivity index (χ2n) is 7.53. The van der Waals surface area contributed by atoms with Gasteiger partial charge in [-0.2, -0.15) is 5.10 Å². The Hall–Kier alpha value is -2.34. The standard InChI is InChI=1S/C20H26N4O2/c1-23-14-16(12-21-23)18-11-19(25)22-20(18)7-9-24(10-8-20)13-15-3-5-17(26-2)6-4-15/h3-6,12,14,18H,7-11,13H2,1-2H3,(H,22,25)/t18-/m1/s1. The second-order valence-corrected chi connectivity index (χ2v) is 7.53. The van der Waals surface area contributed by atoms with Gasteiger partial charge in [-0.25, -0.2) is 0 Å². The van der Waals surface area contributed by atoms with Gasteiger partial charge in [0.1, 0.15) is 5.75 Å². The van der Waals surface area contributed by atoms with E-state index in [0.29, 0.717) is 6.42 Å². The molecule has 1 aromatic heterocycles. The smallest absolute Gasteiger partial charge is 0.221 e. The van der Waals surface area contributed by atoms with Crippen LogP contribution >= 0.6 is 0 Å². The highest BCUT2D eigenvalue weighted by Gasteiger charge is 2.48. The van der Waals surface area contributed by atoms with Gasteiger partial charge in [0.05, 0.1) is 13.3 Å². The number of hydrogen-bond donors (Lipinski definition) is 1. The largest absolute Gasteiger partial charge is 0.497 e. The van der Waals surface area contributed by atoms with Gasteiger partial charge in [0.25, 0.3) is 0 Å². The first-order chi connectivity index (χ1) is 12.6. The highest BCUT2D eigenvalue weighted by Crippen LogP contribution is 2.43. The van der Waals surface area contributed by atoms with Gasteiger partial charge in [0.15, 0.2) is 0 Å². The Morgan fingerprint density at radius 2 is 2.00 bits per heavy atom. The average molecular weight is 354 g/mol. The Bertz CT molecular complexity index is 775. The summed E-state index contributed by atoms with van der Waals surface area (Å²) in [5, 5.41) is 7.61. The molecule has 2 aliphatic heterocycles. The molecule has 6 nitrogen and oxygen atoms in total. The molecule has 138 valence electrons. The van der Waals surface area contributed by atoms with Crippen molar-refractivity contribution in [2.24, 2.45) is 7.05 Å². The van der Waals surface area contributed by atoms with E-state index in [1.165, 1.54) is 11.1 Å². The minimum absolute atomic E-state index is 0.115. The maximum atomic E-state index is 12.2. The molecular weight excluding hydrogens is 328 g/mol. The van der Waals surface area contributed by atoms with Crippen molar-refractivity contribution in [3.05, 3.63) is 47.8 Å². The fraction of sp³-hybridized carbons (Fsp3) is 0.500. The van der Waals surface area contributed by atoms with Gasteiger partial charge in [-0.1, -0.05) is 12.1 Å². The highest BCUT2D eigenvalue weighted by molar-refractivity contribution is 5.81. The molecule has 2 fully saturated rings. The van der Waals surface area contributed by atoms with Crippen LogP contribution in [-0.2, 0) is 18.4 Å². The first kappa shape index (κ1) is 17.1. The Morgan fingerprint density at radius 3 is 2.62 bits per heavy atom. The van der Waals surface area contributed by atoms with Crippen LogP contribution in [0, 0.1) is 0 Å². The molecule has 0 bridgehead atoms. The molecule has 2 aliphatic rings. The van der Waals surface area contributed by atoms with E-state index in [0.717, 1.165) is 38.2 Å². The molecule has 1 N–H and O–H groups in total. The minimum atomic E-state index is -0.115. The summed E-state index contributed by atoms with van der Waals surface area (Å²) >= 11 is 0. The van der Waals surface area contributed by atoms with Gasteiger partial charge in [-0.3, -0.25) is 14.4 Å². The molecule has 3 heterocycles. The maximum absolute atomic E-state index is 12.2. The van der Waals surface area contributed by atoms with E-state index in [9.17, 15) is 4.79 Å². The van der Waals surface area contributed by atoms with Crippen molar-refractivity contribution in [2.45, 2.75) is 37.3 Å². The molecule has 0 radical (unpaired) electrons. The molecule has 0 saturated carbocycles. The molecule has 26 heavy (non-hydrogen) atoms. The Morgan fingerprint density at radius 1 is 1.27 bits per heavy atom. The number of methoxy groups -OCH3 is 1. The highest BCUT2D eigenvalue weighted by atomic mass is 16.5. The maximum Gasteiger partial charge on any atom is 0.221 e. The molecule has 1 aromatic carbocycles. The van der Waals surface area contributed by atoms with Crippen LogP contribution in [0.5, 0.6) is 5.75 Å². The SMILES string of the molecule is COc1ccc(CN2CCC3(CC2)NC(=O)C[C@@H]3c2cnn(C)c2)cc1. The molecule has 0 aliphatic carbocycles. The molecule has 4 rings (SSSR count). The normalized spacial score (nSPS) is 22.5. The van der Waals surface area contributed by atoms with E-state index in [1.54, 1.807) is 7.11 Å². The van der Waals surface area contributed by atoms with Crippen molar-refractivity contribution < 1.29 is 9.53 Å². The van der Waals surface area contributed by atoms with E-state index in [2.05, 4.69) is 33.6 Å². The van der Waals surface area contributed by atoms with Gasteiger partial charge in [0.2, 0.25) is 5.91 Å². The van der Waals surface area contributed by atoms with Crippen LogP contribution in [0.15, 0.2) is 36.7 Å². The van der Waals surface area contributed by atoms with Gasteiger partial charge < -0.3 is 10.1 Å². The first-order valence-electron chi connectivity index (χ1n) is 9.23. The van der Waals surface area contributed by atoms with Gasteiger partial charge >= 0.3 is 0 Å². The van der Waals surface area contributed by atoms with Crippen LogP contribution in [0.25, 0.3) is 0 Å². The summed E-state index contributed by atoms with van der Waals surface area (Å²) in [6, 6.07) is 8.27. The van der Waals surface area contributed by atoms with E-state index in [-0.39, 0.29) is 17.4 Å². The van der Waals surface area contributed by atoms with Crippen molar-refractivity contribution in [1.29, 1.82) is 0 Å². The number of aromatic nitrogens is 2. The van der Waals surface area contributed by atoms with Crippen LogP contribution in [0.2, 0.25) is 0 Å². The van der Waals surface area contributed by atoms with E-state index in [1.807, 2.05) is 30.1 Å². The number of ether oxygens (including phenoxy) is 1. The Labute approximate surface area is 154 Å². The fourth-order valence-corrected chi connectivity index (χ4v) is 4.43. The molecule has 2 saturated heterocycles. The van der Waals surface area contributed by atoms with Gasteiger partial charge in [0, 0.05) is 50.8 Å². The number of carbonyl (C=O) groups is 1. The third-order valence-electron chi connectivity index (χ3n) is 5.89. The van der Waals surface area contributed by atoms with E-state index >= 15 is 0 Å². The molecule has 6 heteroatoms. The Balaban J connectivity index is 1.43. The number of rotatable bonds is 4. The monoisotopic (exact) mass is 354 g/mol. The van der Waals surface area contributed by atoms with Crippen molar-refractivity contribution in [2.75, 3.05) is 20.2 Å². The topological polar surface area (TPSA) is 59.4 Å². The van der Waals surface area contributed by atoms with Crippen molar-refractivity contribution in [3.8, 4) is 5.75 Å². The zero-order chi connectivity index (χ0) is 18.1. The summed E-state index contributed by atoms with van der Waals surface area (Å²) in [5.74, 6) is 1.29. The number of carbonyl (C=O) groups excluding carboxylic acids is 1. The average Bonchev–Trinajstić information content (AvgIpc) is 3.21. The lowest BCUT2D eigenvalue weighted by atomic mass is 9.75. The summed E-state index contributed by atoms with van der Waals surface area (Å²) < 4.78 is 7.05. The number of hydrogen-bond acceptors (Lipinski definition) is 4. The molecule has 0 unspecified atom stereocenters. The number of aryl methyl sites for hydroxylation is 1. The third kappa shape index (κ3) is 3.21. The molecule has 1 amide bonds. The molecular formula is C20H26N4O2. The number of likely N-dealkylation sites (tertiary alicyclic amines) is 1. The zero-order valence-electron chi connectivity index (χ0n) is 15.4. The van der Waals surface area contributed by atoms with Crippen LogP contribution in [0.1, 0.15) is 36.3 Å². The van der Waals surface area contributed by atoms with Crippen molar-refractivity contribution in [1.82, 2.24) is 20.0 Å². The third-order valence-corrected chi connectivity index (χ3v) is 5.89. The summed E-state index contributed by atoms with van der Waals surface area (Å²) in [7, 11) is 3.62. The van der Waals surface area contributed by atoms with Gasteiger partial charge in [-0.15, -0.1) is 0 Å². The molecule has 1 atom stereocenters. The van der Waals surface area contributed by atoms with E-state index in [4.69, 9.17) is 4.74 Å². The summed E-state index contributed by atoms with van der Waals surface area (Å²) in [4.78, 5) is 14.6. The quantitative estimate of drug-likeness (QED) is 0.913. The van der Waals surface area contributed by atoms with Crippen LogP contribution < -0.4 is 10.1 Å². The number of amides is 1. The number of nitrogens with one attached hydrogen (secondary N) is 1. The number of piperidine rings is 1. The number of benzene rings is 1. The Kier molecular flexibility index (Phi) is 4.44. The number of nitrogens with zero attached hydrogens (tertiary/aromatic N) is 3. The van der Waals surface area contributed by atoms with Crippen LogP contribution in [0.4, 0.5) is 0 Å². The molecule has 1 spiro atoms. The van der Waals surface area contributed by atoms with Gasteiger partial charge in [-0.05, 0) is 36.1 Å². The zero-order valence-corrected chi connectivity index (χ0v) is 15.4. The predicted molar refractivity (Wildman–Crippen MR) is 98.9 cm³/mol. The lowest BCUT2D eigenvalue weighted by molar-refractivity contribution is -0.120. The van der Waals surface area contributed by atoms with Crippen molar-refractivity contribution >= 4 is 5.91 Å². The first-order valence-corrected chi connectivity index (χ1v) is 9.23. The lowest BCUT2D eigenvalue weighted by Crippen LogP contribution is -2.53. The minimum Gasteiger partial charge on any atom is -0.497 e. The van der Waals surface area contributed by atoms with E-state index < -0.39 is 0 Å². The fourth-order valence-electron chi connectivity index (χ4n) is 4.43. The van der Waals surface area contributed by atoms with Crippen LogP contribution in [-0.4, -0.2) is 46.3 Å². The predicted octanol–water partition coefficient (Wildman–Crippen LogP) is 2.07. The summed E-state index contributed by atoms with van der Waals surface area (Å²) in [6.45, 7) is 2.91. The summed E-state index contributed by atoms with van der Waals surface area (Å²) in [5.41, 5.74) is 2.35. The molecule has 2 aromatic rings. The second kappa shape index (κ2) is 6.76.